The minimum absolute atomic E-state index is 0.317. The number of hydrogen-bond donors (Lipinski definition) is 1. The summed E-state index contributed by atoms with van der Waals surface area (Å²) >= 11 is 3.53. The van der Waals surface area contributed by atoms with Gasteiger partial charge in [-0.1, -0.05) is 6.92 Å². The predicted octanol–water partition coefficient (Wildman–Crippen LogP) is 2.75. The van der Waals surface area contributed by atoms with Gasteiger partial charge in [0.05, 0.1) is 4.47 Å². The smallest absolute Gasteiger partial charge is 0.231 e. The van der Waals surface area contributed by atoms with Crippen LogP contribution < -0.4 is 14.8 Å². The maximum Gasteiger partial charge on any atom is 0.231 e. The number of benzene rings is 1. The van der Waals surface area contributed by atoms with Crippen LogP contribution >= 0.6 is 15.9 Å². The van der Waals surface area contributed by atoms with E-state index < -0.39 is 0 Å². The first-order chi connectivity index (χ1) is 9.78. The second kappa shape index (κ2) is 6.33. The molecule has 1 aromatic carbocycles. The summed E-state index contributed by atoms with van der Waals surface area (Å²) in [7, 11) is 0. The lowest BCUT2D eigenvalue weighted by Crippen LogP contribution is -2.33. The molecule has 0 spiro atoms. The molecule has 1 N–H and O–H groups in total. The third-order valence-corrected chi connectivity index (χ3v) is 4.45. The van der Waals surface area contributed by atoms with Crippen LogP contribution in [0.1, 0.15) is 25.3 Å². The van der Waals surface area contributed by atoms with Crippen molar-refractivity contribution in [3.05, 3.63) is 22.2 Å². The van der Waals surface area contributed by atoms with Crippen LogP contribution in [0.3, 0.4) is 0 Å². The SMILES string of the molecule is CCN(CCNCc1cc(Br)c2c(c1)OCO2)C1CC1. The molecular formula is C15H21BrN2O2. The zero-order valence-electron chi connectivity index (χ0n) is 11.8. The molecule has 0 radical (unpaired) electrons. The van der Waals surface area contributed by atoms with Crippen LogP contribution in [-0.2, 0) is 6.54 Å². The predicted molar refractivity (Wildman–Crippen MR) is 82.2 cm³/mol. The maximum atomic E-state index is 5.43. The summed E-state index contributed by atoms with van der Waals surface area (Å²) in [4.78, 5) is 2.56. The van der Waals surface area contributed by atoms with Crippen molar-refractivity contribution in [2.75, 3.05) is 26.4 Å². The van der Waals surface area contributed by atoms with Crippen molar-refractivity contribution in [2.24, 2.45) is 0 Å². The monoisotopic (exact) mass is 340 g/mol. The molecule has 20 heavy (non-hydrogen) atoms. The Morgan fingerprint density at radius 1 is 1.35 bits per heavy atom. The van der Waals surface area contributed by atoms with Gasteiger partial charge in [0, 0.05) is 25.7 Å². The molecule has 5 heteroatoms. The van der Waals surface area contributed by atoms with Gasteiger partial charge in [0.25, 0.3) is 0 Å². The Morgan fingerprint density at radius 3 is 2.95 bits per heavy atom. The van der Waals surface area contributed by atoms with Gasteiger partial charge in [-0.3, -0.25) is 4.90 Å². The minimum Gasteiger partial charge on any atom is -0.454 e. The molecule has 110 valence electrons. The number of nitrogens with zero attached hydrogens (tertiary/aromatic N) is 1. The van der Waals surface area contributed by atoms with Gasteiger partial charge in [-0.05, 0) is 53.0 Å². The van der Waals surface area contributed by atoms with Crippen LogP contribution in [0, 0.1) is 0 Å². The highest BCUT2D eigenvalue weighted by Crippen LogP contribution is 2.39. The van der Waals surface area contributed by atoms with Crippen LogP contribution in [0.15, 0.2) is 16.6 Å². The number of likely N-dealkylation sites (N-methyl/N-ethyl adjacent to an activating group) is 1. The van der Waals surface area contributed by atoms with Crippen LogP contribution in [-0.4, -0.2) is 37.4 Å². The summed E-state index contributed by atoms with van der Waals surface area (Å²) in [5.41, 5.74) is 1.22. The van der Waals surface area contributed by atoms with E-state index in [1.807, 2.05) is 0 Å². The number of halogens is 1. The van der Waals surface area contributed by atoms with Gasteiger partial charge >= 0.3 is 0 Å². The van der Waals surface area contributed by atoms with E-state index >= 15 is 0 Å². The summed E-state index contributed by atoms with van der Waals surface area (Å²) in [5.74, 6) is 1.66. The van der Waals surface area contributed by atoms with E-state index in [9.17, 15) is 0 Å². The van der Waals surface area contributed by atoms with E-state index in [0.29, 0.717) is 6.79 Å². The van der Waals surface area contributed by atoms with Gasteiger partial charge in [-0.15, -0.1) is 0 Å². The largest absolute Gasteiger partial charge is 0.454 e. The molecule has 0 unspecified atom stereocenters. The summed E-state index contributed by atoms with van der Waals surface area (Å²) in [6.45, 7) is 6.73. The molecule has 1 aromatic rings. The number of fused-ring (bicyclic) bond motifs is 1. The quantitative estimate of drug-likeness (QED) is 0.774. The lowest BCUT2D eigenvalue weighted by molar-refractivity contribution is 0.173. The second-order valence-electron chi connectivity index (χ2n) is 5.35. The first-order valence-electron chi connectivity index (χ1n) is 7.30. The zero-order chi connectivity index (χ0) is 13.9. The second-order valence-corrected chi connectivity index (χ2v) is 6.20. The Balaban J connectivity index is 1.47. The Labute approximate surface area is 128 Å². The van der Waals surface area contributed by atoms with Crippen molar-refractivity contribution in [3.63, 3.8) is 0 Å². The van der Waals surface area contributed by atoms with Crippen LogP contribution in [0.5, 0.6) is 11.5 Å². The molecular weight excluding hydrogens is 320 g/mol. The molecule has 0 bridgehead atoms. The number of rotatable bonds is 7. The van der Waals surface area contributed by atoms with E-state index in [1.54, 1.807) is 0 Å². The molecule has 1 aliphatic heterocycles. The summed E-state index contributed by atoms with van der Waals surface area (Å²) in [6, 6.07) is 5.00. The fourth-order valence-electron chi connectivity index (χ4n) is 2.62. The van der Waals surface area contributed by atoms with E-state index in [4.69, 9.17) is 9.47 Å². The highest BCUT2D eigenvalue weighted by molar-refractivity contribution is 9.10. The van der Waals surface area contributed by atoms with E-state index in [2.05, 4.69) is 45.2 Å². The molecule has 0 saturated heterocycles. The van der Waals surface area contributed by atoms with Crippen molar-refractivity contribution in [3.8, 4) is 11.5 Å². The fraction of sp³-hybridized carbons (Fsp3) is 0.600. The Hall–Kier alpha value is -0.780. The van der Waals surface area contributed by atoms with E-state index in [0.717, 1.165) is 48.2 Å². The average Bonchev–Trinajstić information content (AvgIpc) is 3.16. The molecule has 0 aromatic heterocycles. The van der Waals surface area contributed by atoms with Gasteiger partial charge in [0.1, 0.15) is 0 Å². The van der Waals surface area contributed by atoms with Gasteiger partial charge in [-0.25, -0.2) is 0 Å². The number of nitrogens with one attached hydrogen (secondary N) is 1. The standard InChI is InChI=1S/C15H21BrN2O2/c1-2-18(12-3-4-12)6-5-17-9-11-7-13(16)15-14(8-11)19-10-20-15/h7-8,12,17H,2-6,9-10H2,1H3. The van der Waals surface area contributed by atoms with Gasteiger partial charge in [-0.2, -0.15) is 0 Å². The van der Waals surface area contributed by atoms with Crippen molar-refractivity contribution in [1.29, 1.82) is 0 Å². The first-order valence-corrected chi connectivity index (χ1v) is 8.10. The molecule has 1 saturated carbocycles. The highest BCUT2D eigenvalue weighted by Gasteiger charge is 2.27. The summed E-state index contributed by atoms with van der Waals surface area (Å²) in [6.07, 6.45) is 2.76. The maximum absolute atomic E-state index is 5.43. The Kier molecular flexibility index (Phi) is 4.48. The normalized spacial score (nSPS) is 16.9. The molecule has 0 amide bonds. The van der Waals surface area contributed by atoms with Crippen LogP contribution in [0.25, 0.3) is 0 Å². The highest BCUT2D eigenvalue weighted by atomic mass is 79.9. The third kappa shape index (κ3) is 3.27. The molecule has 3 rings (SSSR count). The van der Waals surface area contributed by atoms with E-state index in [1.165, 1.54) is 18.4 Å². The van der Waals surface area contributed by atoms with E-state index in [-0.39, 0.29) is 0 Å². The first kappa shape index (κ1) is 14.2. The van der Waals surface area contributed by atoms with Crippen molar-refractivity contribution < 1.29 is 9.47 Å². The Bertz CT molecular complexity index is 477. The molecule has 2 aliphatic rings. The minimum atomic E-state index is 0.317. The lowest BCUT2D eigenvalue weighted by atomic mass is 10.2. The van der Waals surface area contributed by atoms with Gasteiger partial charge in [0.15, 0.2) is 11.5 Å². The average molecular weight is 341 g/mol. The number of ether oxygens (including phenoxy) is 2. The zero-order valence-corrected chi connectivity index (χ0v) is 13.4. The third-order valence-electron chi connectivity index (χ3n) is 3.86. The molecule has 0 atom stereocenters. The molecule has 4 nitrogen and oxygen atoms in total. The van der Waals surface area contributed by atoms with Crippen molar-refractivity contribution >= 4 is 15.9 Å². The van der Waals surface area contributed by atoms with Crippen LogP contribution in [0.2, 0.25) is 0 Å². The lowest BCUT2D eigenvalue weighted by Gasteiger charge is -2.19. The van der Waals surface area contributed by atoms with Crippen molar-refractivity contribution in [2.45, 2.75) is 32.4 Å². The molecule has 1 aliphatic carbocycles. The van der Waals surface area contributed by atoms with Crippen LogP contribution in [0.4, 0.5) is 0 Å². The van der Waals surface area contributed by atoms with Crippen molar-refractivity contribution in [1.82, 2.24) is 10.2 Å². The molecule has 1 heterocycles. The topological polar surface area (TPSA) is 33.7 Å². The van der Waals surface area contributed by atoms with Gasteiger partial charge < -0.3 is 14.8 Å². The summed E-state index contributed by atoms with van der Waals surface area (Å²) in [5, 5.41) is 3.51. The number of hydrogen-bond acceptors (Lipinski definition) is 4. The fourth-order valence-corrected chi connectivity index (χ4v) is 3.22. The van der Waals surface area contributed by atoms with Gasteiger partial charge in [0.2, 0.25) is 6.79 Å². The summed E-state index contributed by atoms with van der Waals surface area (Å²) < 4.78 is 11.8. The molecule has 1 fully saturated rings. The Morgan fingerprint density at radius 2 is 2.20 bits per heavy atom.